The predicted octanol–water partition coefficient (Wildman–Crippen LogP) is 1.82. The van der Waals surface area contributed by atoms with Gasteiger partial charge in [-0.25, -0.2) is 17.5 Å². The molecule has 0 aliphatic carbocycles. The van der Waals surface area contributed by atoms with Gasteiger partial charge in [-0.1, -0.05) is 6.07 Å². The van der Waals surface area contributed by atoms with Gasteiger partial charge in [-0.15, -0.1) is 12.4 Å². The lowest BCUT2D eigenvalue weighted by molar-refractivity contribution is -0.388. The molecule has 2 N–H and O–H groups in total. The first-order chi connectivity index (χ1) is 10.4. The minimum Gasteiger partial charge on any atom is -0.316 e. The van der Waals surface area contributed by atoms with E-state index in [-0.39, 0.29) is 19.0 Å². The number of piperidine rings is 1. The van der Waals surface area contributed by atoms with Crippen LogP contribution in [0.3, 0.4) is 0 Å². The maximum absolute atomic E-state index is 13.8. The zero-order valence-corrected chi connectivity index (χ0v) is 14.0. The lowest BCUT2D eigenvalue weighted by atomic mass is 9.96. The molecule has 1 saturated heterocycles. The minimum atomic E-state index is -4.25. The van der Waals surface area contributed by atoms with Crippen LogP contribution in [0.2, 0.25) is 0 Å². The summed E-state index contributed by atoms with van der Waals surface area (Å²) in [4.78, 5) is 9.08. The van der Waals surface area contributed by atoms with Crippen LogP contribution in [-0.2, 0) is 10.0 Å². The van der Waals surface area contributed by atoms with Gasteiger partial charge < -0.3 is 5.32 Å². The van der Waals surface area contributed by atoms with E-state index in [0.29, 0.717) is 12.3 Å². The molecule has 1 atom stereocenters. The average molecular weight is 368 g/mol. The van der Waals surface area contributed by atoms with Crippen LogP contribution < -0.4 is 10.0 Å². The maximum Gasteiger partial charge on any atom is 0.292 e. The van der Waals surface area contributed by atoms with E-state index < -0.39 is 31.3 Å². The second-order valence-corrected chi connectivity index (χ2v) is 6.95. The number of hydrogen-bond acceptors (Lipinski definition) is 5. The third-order valence-corrected chi connectivity index (χ3v) is 5.18. The Hall–Kier alpha value is -1.29. The topological polar surface area (TPSA) is 101 Å². The quantitative estimate of drug-likeness (QED) is 0.590. The van der Waals surface area contributed by atoms with Crippen molar-refractivity contribution in [2.45, 2.75) is 24.2 Å². The Labute approximate surface area is 140 Å². The first-order valence-corrected chi connectivity index (χ1v) is 8.53. The fraction of sp³-hybridized carbons (Fsp3) is 0.538. The Morgan fingerprint density at radius 2 is 2.17 bits per heavy atom. The number of nitrogens with zero attached hydrogens (tertiary/aromatic N) is 1. The highest BCUT2D eigenvalue weighted by Gasteiger charge is 2.29. The molecule has 2 rings (SSSR count). The fourth-order valence-electron chi connectivity index (χ4n) is 2.55. The first-order valence-electron chi connectivity index (χ1n) is 7.05. The Balaban J connectivity index is 0.00000264. The summed E-state index contributed by atoms with van der Waals surface area (Å²) in [5.74, 6) is -0.770. The summed E-state index contributed by atoms with van der Waals surface area (Å²) < 4.78 is 40.3. The Kier molecular flexibility index (Phi) is 7.33. The molecule has 23 heavy (non-hydrogen) atoms. The SMILES string of the molecule is Cl.O=[N+]([O-])c1cccc(F)c1S(=O)(=O)NCCC1CCCNC1. The van der Waals surface area contributed by atoms with Crippen molar-refractivity contribution in [3.8, 4) is 0 Å². The molecule has 1 aromatic rings. The fourth-order valence-corrected chi connectivity index (χ4v) is 3.82. The van der Waals surface area contributed by atoms with Gasteiger partial charge in [0.15, 0.2) is 4.90 Å². The van der Waals surface area contributed by atoms with Crippen molar-refractivity contribution < 1.29 is 17.7 Å². The largest absolute Gasteiger partial charge is 0.316 e. The van der Waals surface area contributed by atoms with Crippen molar-refractivity contribution in [2.24, 2.45) is 5.92 Å². The summed E-state index contributed by atoms with van der Waals surface area (Å²) in [5.41, 5.74) is -0.758. The number of benzene rings is 1. The van der Waals surface area contributed by atoms with Crippen molar-refractivity contribution in [2.75, 3.05) is 19.6 Å². The van der Waals surface area contributed by atoms with Crippen molar-refractivity contribution in [1.29, 1.82) is 0 Å². The Bertz CT molecular complexity index is 651. The molecule has 1 unspecified atom stereocenters. The van der Waals surface area contributed by atoms with Gasteiger partial charge in [0, 0.05) is 12.6 Å². The zero-order valence-electron chi connectivity index (χ0n) is 12.3. The molecule has 0 saturated carbocycles. The predicted molar refractivity (Wildman–Crippen MR) is 85.7 cm³/mol. The van der Waals surface area contributed by atoms with E-state index >= 15 is 0 Å². The highest BCUT2D eigenvalue weighted by Crippen LogP contribution is 2.26. The molecular formula is C13H19ClFN3O4S. The standard InChI is InChI=1S/C13H18FN3O4S.ClH/c14-11-4-1-5-12(17(18)19)13(11)22(20,21)16-8-6-10-3-2-7-15-9-10;/h1,4-5,10,15-16H,2-3,6-9H2;1H. The van der Waals surface area contributed by atoms with Gasteiger partial charge in [-0.05, 0) is 44.3 Å². The number of nitrogens with one attached hydrogen (secondary N) is 2. The Morgan fingerprint density at radius 1 is 1.43 bits per heavy atom. The third-order valence-electron chi connectivity index (χ3n) is 3.66. The van der Waals surface area contributed by atoms with Crippen LogP contribution in [-0.4, -0.2) is 33.0 Å². The second-order valence-electron chi connectivity index (χ2n) is 5.24. The van der Waals surface area contributed by atoms with Crippen molar-refractivity contribution in [3.63, 3.8) is 0 Å². The summed E-state index contributed by atoms with van der Waals surface area (Å²) in [6.45, 7) is 1.91. The van der Waals surface area contributed by atoms with Crippen LogP contribution in [0.25, 0.3) is 0 Å². The lowest BCUT2D eigenvalue weighted by Gasteiger charge is -2.22. The molecule has 0 aromatic heterocycles. The van der Waals surface area contributed by atoms with Gasteiger partial charge in [-0.2, -0.15) is 0 Å². The number of nitro benzene ring substituents is 1. The van der Waals surface area contributed by atoms with Crippen molar-refractivity contribution in [3.05, 3.63) is 34.1 Å². The molecule has 0 amide bonds. The molecule has 0 radical (unpaired) electrons. The van der Waals surface area contributed by atoms with Gasteiger partial charge in [0.1, 0.15) is 5.82 Å². The normalized spacial score (nSPS) is 18.2. The van der Waals surface area contributed by atoms with Crippen LogP contribution in [0, 0.1) is 21.8 Å². The van der Waals surface area contributed by atoms with Crippen LogP contribution in [0.1, 0.15) is 19.3 Å². The molecule has 1 aliphatic rings. The summed E-state index contributed by atoms with van der Waals surface area (Å²) in [7, 11) is -4.25. The molecule has 130 valence electrons. The molecule has 0 spiro atoms. The number of hydrogen-bond donors (Lipinski definition) is 2. The number of rotatable bonds is 6. The van der Waals surface area contributed by atoms with Crippen molar-refractivity contribution >= 4 is 28.1 Å². The molecule has 1 heterocycles. The van der Waals surface area contributed by atoms with Gasteiger partial charge in [-0.3, -0.25) is 10.1 Å². The molecule has 10 heteroatoms. The van der Waals surface area contributed by atoms with E-state index in [1.54, 1.807) is 0 Å². The summed E-state index contributed by atoms with van der Waals surface area (Å²) in [5, 5.41) is 14.1. The van der Waals surface area contributed by atoms with Crippen molar-refractivity contribution in [1.82, 2.24) is 10.0 Å². The molecule has 1 aromatic carbocycles. The monoisotopic (exact) mass is 367 g/mol. The Morgan fingerprint density at radius 3 is 2.78 bits per heavy atom. The average Bonchev–Trinajstić information content (AvgIpc) is 2.47. The van der Waals surface area contributed by atoms with E-state index in [0.717, 1.165) is 44.1 Å². The molecule has 1 aliphatic heterocycles. The van der Waals surface area contributed by atoms with Gasteiger partial charge in [0.05, 0.1) is 4.92 Å². The summed E-state index contributed by atoms with van der Waals surface area (Å²) >= 11 is 0. The van der Waals surface area contributed by atoms with Crippen LogP contribution >= 0.6 is 12.4 Å². The number of sulfonamides is 1. The van der Waals surface area contributed by atoms with Gasteiger partial charge in [0.2, 0.25) is 10.0 Å². The van der Waals surface area contributed by atoms with Crippen LogP contribution in [0.15, 0.2) is 23.1 Å². The number of nitro groups is 1. The van der Waals surface area contributed by atoms with Gasteiger partial charge in [0.25, 0.3) is 5.69 Å². The smallest absolute Gasteiger partial charge is 0.292 e. The second kappa shape index (κ2) is 8.53. The zero-order chi connectivity index (χ0) is 16.2. The molecule has 1 fully saturated rings. The van der Waals surface area contributed by atoms with Gasteiger partial charge >= 0.3 is 0 Å². The van der Waals surface area contributed by atoms with E-state index in [9.17, 15) is 22.9 Å². The van der Waals surface area contributed by atoms with Crippen LogP contribution in [0.5, 0.6) is 0 Å². The van der Waals surface area contributed by atoms with E-state index in [4.69, 9.17) is 0 Å². The summed E-state index contributed by atoms with van der Waals surface area (Å²) in [6.07, 6.45) is 2.65. The minimum absolute atomic E-state index is 0. The maximum atomic E-state index is 13.8. The highest BCUT2D eigenvalue weighted by molar-refractivity contribution is 7.89. The molecule has 7 nitrogen and oxygen atoms in total. The number of halogens is 2. The van der Waals surface area contributed by atoms with E-state index in [1.165, 1.54) is 0 Å². The van der Waals surface area contributed by atoms with Crippen LogP contribution in [0.4, 0.5) is 10.1 Å². The molecular weight excluding hydrogens is 349 g/mol. The lowest BCUT2D eigenvalue weighted by Crippen LogP contribution is -2.33. The summed E-state index contributed by atoms with van der Waals surface area (Å²) in [6, 6.07) is 2.98. The third kappa shape index (κ3) is 5.10. The highest BCUT2D eigenvalue weighted by atomic mass is 35.5. The first kappa shape index (κ1) is 19.8. The molecule has 0 bridgehead atoms. The van der Waals surface area contributed by atoms with E-state index in [1.807, 2.05) is 0 Å². The van der Waals surface area contributed by atoms with E-state index in [2.05, 4.69) is 10.0 Å².